The first-order chi connectivity index (χ1) is 12.7. The van der Waals surface area contributed by atoms with Gasteiger partial charge in [-0.15, -0.1) is 0 Å². The number of anilines is 1. The molecule has 0 aromatic heterocycles. The summed E-state index contributed by atoms with van der Waals surface area (Å²) in [6.07, 6.45) is 0. The molecule has 142 valence electrons. The lowest BCUT2D eigenvalue weighted by Crippen LogP contribution is -2.41. The Labute approximate surface area is 158 Å². The van der Waals surface area contributed by atoms with Crippen molar-refractivity contribution in [1.29, 1.82) is 0 Å². The van der Waals surface area contributed by atoms with Gasteiger partial charge in [-0.1, -0.05) is 12.1 Å². The zero-order chi connectivity index (χ0) is 19.4. The van der Waals surface area contributed by atoms with Crippen LogP contribution in [0.1, 0.15) is 39.3 Å². The Morgan fingerprint density at radius 2 is 1.63 bits per heavy atom. The molecule has 1 atom stereocenters. The lowest BCUT2D eigenvalue weighted by Gasteiger charge is -2.32. The first-order valence-electron chi connectivity index (χ1n) is 9.01. The average Bonchev–Trinajstić information content (AvgIpc) is 2.82. The van der Waals surface area contributed by atoms with Crippen molar-refractivity contribution < 1.29 is 22.8 Å². The smallest absolute Gasteiger partial charge is 0.489 e. The number of nitrogens with one attached hydrogen (secondary N) is 1. The van der Waals surface area contributed by atoms with Crippen LogP contribution in [0.3, 0.4) is 0 Å². The van der Waals surface area contributed by atoms with E-state index in [-0.39, 0.29) is 12.2 Å². The average molecular weight is 373 g/mol. The normalized spacial score (nSPS) is 22.7. The van der Waals surface area contributed by atoms with E-state index in [0.29, 0.717) is 11.4 Å². The van der Waals surface area contributed by atoms with Crippen LogP contribution in [0.25, 0.3) is 0 Å². The second-order valence-electron chi connectivity index (χ2n) is 7.99. The van der Waals surface area contributed by atoms with Crippen LogP contribution in [0.15, 0.2) is 36.4 Å². The number of rotatable bonds is 2. The van der Waals surface area contributed by atoms with E-state index in [1.165, 1.54) is 18.2 Å². The summed E-state index contributed by atoms with van der Waals surface area (Å²) >= 11 is 0. The quantitative estimate of drug-likeness (QED) is 0.813. The number of benzene rings is 2. The van der Waals surface area contributed by atoms with Gasteiger partial charge in [-0.25, -0.2) is 8.78 Å². The molecule has 2 aliphatic heterocycles. The van der Waals surface area contributed by atoms with Crippen LogP contribution in [0.2, 0.25) is 0 Å². The fourth-order valence-corrected chi connectivity index (χ4v) is 3.30. The SMILES string of the molecule is CC1(C)OB(c2ccc3c(c2)OCC(c2c(F)cccc2F)N3)OC1(C)C. The van der Waals surface area contributed by atoms with Crippen LogP contribution in [-0.2, 0) is 9.31 Å². The second-order valence-corrected chi connectivity index (χ2v) is 7.99. The Bertz CT molecular complexity index is 851. The van der Waals surface area contributed by atoms with Crippen molar-refractivity contribution in [2.24, 2.45) is 0 Å². The van der Waals surface area contributed by atoms with E-state index in [1.807, 2.05) is 45.9 Å². The van der Waals surface area contributed by atoms with Gasteiger partial charge in [-0.05, 0) is 57.4 Å². The summed E-state index contributed by atoms with van der Waals surface area (Å²) in [5.74, 6) is -0.572. The third-order valence-corrected chi connectivity index (χ3v) is 5.61. The van der Waals surface area contributed by atoms with E-state index in [2.05, 4.69) is 5.32 Å². The van der Waals surface area contributed by atoms with Gasteiger partial charge in [-0.2, -0.15) is 0 Å². The van der Waals surface area contributed by atoms with Gasteiger partial charge >= 0.3 is 7.12 Å². The molecule has 1 unspecified atom stereocenters. The summed E-state index contributed by atoms with van der Waals surface area (Å²) in [4.78, 5) is 0. The summed E-state index contributed by atoms with van der Waals surface area (Å²) in [7, 11) is -0.495. The van der Waals surface area contributed by atoms with E-state index in [4.69, 9.17) is 14.0 Å². The van der Waals surface area contributed by atoms with Gasteiger partial charge in [0.05, 0.1) is 22.9 Å². The van der Waals surface area contributed by atoms with Crippen LogP contribution in [0.5, 0.6) is 5.75 Å². The van der Waals surface area contributed by atoms with Crippen molar-refractivity contribution in [1.82, 2.24) is 0 Å². The Hall–Kier alpha value is -2.12. The molecule has 2 heterocycles. The molecule has 2 aromatic rings. The summed E-state index contributed by atoms with van der Waals surface area (Å²) in [5.41, 5.74) is 0.636. The Morgan fingerprint density at radius 3 is 2.26 bits per heavy atom. The predicted octanol–water partition coefficient (Wildman–Crippen LogP) is 3.81. The van der Waals surface area contributed by atoms with Crippen molar-refractivity contribution in [2.45, 2.75) is 44.9 Å². The third kappa shape index (κ3) is 3.09. The third-order valence-electron chi connectivity index (χ3n) is 5.61. The number of ether oxygens (including phenoxy) is 1. The number of fused-ring (bicyclic) bond motifs is 1. The molecular weight excluding hydrogens is 351 g/mol. The fourth-order valence-electron chi connectivity index (χ4n) is 3.30. The van der Waals surface area contributed by atoms with Gasteiger partial charge in [0, 0.05) is 5.56 Å². The van der Waals surface area contributed by atoms with Gasteiger partial charge in [0.2, 0.25) is 0 Å². The minimum absolute atomic E-state index is 0.0156. The van der Waals surface area contributed by atoms with Crippen molar-refractivity contribution in [3.05, 3.63) is 53.6 Å². The van der Waals surface area contributed by atoms with Gasteiger partial charge in [-0.3, -0.25) is 0 Å². The summed E-state index contributed by atoms with van der Waals surface area (Å²) < 4.78 is 46.0. The summed E-state index contributed by atoms with van der Waals surface area (Å²) in [6.45, 7) is 8.11. The van der Waals surface area contributed by atoms with Crippen LogP contribution in [0, 0.1) is 11.6 Å². The van der Waals surface area contributed by atoms with E-state index >= 15 is 0 Å². The summed E-state index contributed by atoms with van der Waals surface area (Å²) in [5, 5.41) is 3.16. The molecule has 0 aliphatic carbocycles. The van der Waals surface area contributed by atoms with Crippen LogP contribution in [0.4, 0.5) is 14.5 Å². The second kappa shape index (κ2) is 6.21. The van der Waals surface area contributed by atoms with Gasteiger partial charge in [0.25, 0.3) is 0 Å². The molecule has 0 saturated carbocycles. The molecule has 2 aliphatic rings. The van der Waals surface area contributed by atoms with Gasteiger partial charge in [0.15, 0.2) is 0 Å². The molecular formula is C20H22BF2NO3. The highest BCUT2D eigenvalue weighted by atomic mass is 19.1. The molecule has 0 spiro atoms. The topological polar surface area (TPSA) is 39.7 Å². The standard InChI is InChI=1S/C20H22BF2NO3/c1-19(2)20(3,4)27-21(26-19)12-8-9-15-17(10-12)25-11-16(24-15)18-13(22)6-5-7-14(18)23/h5-10,16,24H,11H2,1-4H3. The molecule has 2 aromatic carbocycles. The molecule has 0 amide bonds. The van der Waals surface area contributed by atoms with Crippen molar-refractivity contribution in [3.63, 3.8) is 0 Å². The monoisotopic (exact) mass is 373 g/mol. The lowest BCUT2D eigenvalue weighted by atomic mass is 9.79. The van der Waals surface area contributed by atoms with E-state index in [0.717, 1.165) is 5.46 Å². The highest BCUT2D eigenvalue weighted by Gasteiger charge is 2.51. The highest BCUT2D eigenvalue weighted by molar-refractivity contribution is 6.62. The molecule has 4 nitrogen and oxygen atoms in total. The Morgan fingerprint density at radius 1 is 1.00 bits per heavy atom. The van der Waals surface area contributed by atoms with Crippen molar-refractivity contribution in [2.75, 3.05) is 11.9 Å². The van der Waals surface area contributed by atoms with E-state index in [9.17, 15) is 8.78 Å². The molecule has 1 saturated heterocycles. The lowest BCUT2D eigenvalue weighted by molar-refractivity contribution is 0.00578. The maximum absolute atomic E-state index is 14.1. The molecule has 0 radical (unpaired) electrons. The maximum Gasteiger partial charge on any atom is 0.494 e. The Kier molecular flexibility index (Phi) is 4.20. The minimum Gasteiger partial charge on any atom is -0.489 e. The van der Waals surface area contributed by atoms with Crippen LogP contribution in [-0.4, -0.2) is 24.9 Å². The molecule has 27 heavy (non-hydrogen) atoms. The molecule has 4 rings (SSSR count). The molecule has 0 bridgehead atoms. The number of halogens is 2. The maximum atomic E-state index is 14.1. The zero-order valence-electron chi connectivity index (χ0n) is 15.8. The minimum atomic E-state index is -0.596. The van der Waals surface area contributed by atoms with Gasteiger partial charge in [0.1, 0.15) is 24.0 Å². The number of hydrogen-bond acceptors (Lipinski definition) is 4. The van der Waals surface area contributed by atoms with E-state index in [1.54, 1.807) is 0 Å². The predicted molar refractivity (Wildman–Crippen MR) is 100 cm³/mol. The molecule has 7 heteroatoms. The van der Waals surface area contributed by atoms with Crippen molar-refractivity contribution >= 4 is 18.3 Å². The first-order valence-corrected chi connectivity index (χ1v) is 9.01. The molecule has 1 fully saturated rings. The van der Waals surface area contributed by atoms with E-state index < -0.39 is 36.0 Å². The summed E-state index contributed by atoms with van der Waals surface area (Å²) in [6, 6.07) is 8.79. The first kappa shape index (κ1) is 18.3. The Balaban J connectivity index is 1.58. The number of hydrogen-bond donors (Lipinski definition) is 1. The zero-order valence-corrected chi connectivity index (χ0v) is 15.8. The fraction of sp³-hybridized carbons (Fsp3) is 0.400. The van der Waals surface area contributed by atoms with Crippen molar-refractivity contribution in [3.8, 4) is 5.75 Å². The highest BCUT2D eigenvalue weighted by Crippen LogP contribution is 2.38. The largest absolute Gasteiger partial charge is 0.494 e. The van der Waals surface area contributed by atoms with Gasteiger partial charge < -0.3 is 19.4 Å². The molecule has 1 N–H and O–H groups in total. The van der Waals surface area contributed by atoms with Crippen LogP contribution < -0.4 is 15.5 Å². The van der Waals surface area contributed by atoms with Crippen LogP contribution >= 0.6 is 0 Å².